The van der Waals surface area contributed by atoms with Crippen molar-refractivity contribution in [2.45, 2.75) is 25.3 Å². The SMILES string of the molecule is O=C1CN(c2ccc(CNC(=O)c3cc(C4CC4)[nH]n3)cc2)CCN1. The molecule has 0 atom stereocenters. The smallest absolute Gasteiger partial charge is 0.272 e. The molecule has 3 N–H and O–H groups in total. The second kappa shape index (κ2) is 6.58. The zero-order valence-corrected chi connectivity index (χ0v) is 13.9. The second-order valence-corrected chi connectivity index (χ2v) is 6.60. The minimum absolute atomic E-state index is 0.0483. The summed E-state index contributed by atoms with van der Waals surface area (Å²) < 4.78 is 0. The fourth-order valence-electron chi connectivity index (χ4n) is 3.01. The number of carbonyl (C=O) groups is 2. The maximum atomic E-state index is 12.2. The molecule has 2 aliphatic rings. The van der Waals surface area contributed by atoms with E-state index in [2.05, 4.69) is 20.8 Å². The molecular formula is C18H21N5O2. The topological polar surface area (TPSA) is 90.1 Å². The molecular weight excluding hydrogens is 318 g/mol. The van der Waals surface area contributed by atoms with Gasteiger partial charge in [-0.05, 0) is 36.6 Å². The van der Waals surface area contributed by atoms with E-state index in [9.17, 15) is 9.59 Å². The summed E-state index contributed by atoms with van der Waals surface area (Å²) in [4.78, 5) is 25.7. The summed E-state index contributed by atoms with van der Waals surface area (Å²) in [5.41, 5.74) is 3.53. The minimum atomic E-state index is -0.167. The van der Waals surface area contributed by atoms with Crippen molar-refractivity contribution < 1.29 is 9.59 Å². The first-order valence-electron chi connectivity index (χ1n) is 8.63. The van der Waals surface area contributed by atoms with E-state index >= 15 is 0 Å². The van der Waals surface area contributed by atoms with Gasteiger partial charge in [-0.2, -0.15) is 5.10 Å². The van der Waals surface area contributed by atoms with Crippen molar-refractivity contribution in [1.82, 2.24) is 20.8 Å². The molecule has 25 heavy (non-hydrogen) atoms. The molecule has 7 nitrogen and oxygen atoms in total. The number of benzene rings is 1. The normalized spacial score (nSPS) is 17.3. The number of H-pyrrole nitrogens is 1. The van der Waals surface area contributed by atoms with Gasteiger partial charge in [-0.15, -0.1) is 0 Å². The lowest BCUT2D eigenvalue weighted by atomic mass is 10.1. The molecule has 4 rings (SSSR count). The Morgan fingerprint density at radius 2 is 2.08 bits per heavy atom. The number of anilines is 1. The molecule has 2 aromatic rings. The number of rotatable bonds is 5. The van der Waals surface area contributed by atoms with Crippen LogP contribution in [-0.4, -0.2) is 41.6 Å². The van der Waals surface area contributed by atoms with Crippen LogP contribution in [0.25, 0.3) is 0 Å². The summed E-state index contributed by atoms with van der Waals surface area (Å²) in [5.74, 6) is 0.436. The zero-order valence-electron chi connectivity index (χ0n) is 13.9. The maximum absolute atomic E-state index is 12.2. The van der Waals surface area contributed by atoms with Gasteiger partial charge in [0.1, 0.15) is 5.69 Å². The van der Waals surface area contributed by atoms with Crippen LogP contribution in [0.5, 0.6) is 0 Å². The highest BCUT2D eigenvalue weighted by Crippen LogP contribution is 2.38. The minimum Gasteiger partial charge on any atom is -0.360 e. The number of piperazine rings is 1. The molecule has 130 valence electrons. The lowest BCUT2D eigenvalue weighted by Crippen LogP contribution is -2.47. The van der Waals surface area contributed by atoms with Gasteiger partial charge >= 0.3 is 0 Å². The molecule has 0 unspecified atom stereocenters. The number of nitrogens with zero attached hydrogens (tertiary/aromatic N) is 2. The third kappa shape index (κ3) is 3.65. The van der Waals surface area contributed by atoms with Crippen molar-refractivity contribution in [3.63, 3.8) is 0 Å². The van der Waals surface area contributed by atoms with Crippen LogP contribution >= 0.6 is 0 Å². The van der Waals surface area contributed by atoms with Crippen molar-refractivity contribution >= 4 is 17.5 Å². The summed E-state index contributed by atoms with van der Waals surface area (Å²) in [6.07, 6.45) is 2.35. The Hall–Kier alpha value is -2.83. The summed E-state index contributed by atoms with van der Waals surface area (Å²) in [6.45, 7) is 2.32. The molecule has 1 aromatic heterocycles. The van der Waals surface area contributed by atoms with E-state index in [4.69, 9.17) is 0 Å². The predicted octanol–water partition coefficient (Wildman–Crippen LogP) is 1.15. The van der Waals surface area contributed by atoms with Crippen molar-refractivity contribution in [2.75, 3.05) is 24.5 Å². The monoisotopic (exact) mass is 339 g/mol. The summed E-state index contributed by atoms with van der Waals surface area (Å²) >= 11 is 0. The molecule has 0 bridgehead atoms. The van der Waals surface area contributed by atoms with Crippen LogP contribution in [0.2, 0.25) is 0 Å². The number of amides is 2. The number of aromatic nitrogens is 2. The molecule has 2 amide bonds. The van der Waals surface area contributed by atoms with Crippen LogP contribution in [0.15, 0.2) is 30.3 Å². The molecule has 2 fully saturated rings. The molecule has 0 radical (unpaired) electrons. The van der Waals surface area contributed by atoms with E-state index in [1.54, 1.807) is 0 Å². The first-order valence-corrected chi connectivity index (χ1v) is 8.63. The second-order valence-electron chi connectivity index (χ2n) is 6.60. The fourth-order valence-corrected chi connectivity index (χ4v) is 3.01. The first-order chi connectivity index (χ1) is 12.2. The van der Waals surface area contributed by atoms with Crippen LogP contribution in [0.3, 0.4) is 0 Å². The molecule has 1 aliphatic carbocycles. The third-order valence-corrected chi connectivity index (χ3v) is 4.64. The lowest BCUT2D eigenvalue weighted by molar-refractivity contribution is -0.120. The van der Waals surface area contributed by atoms with E-state index < -0.39 is 0 Å². The molecule has 7 heteroatoms. The van der Waals surface area contributed by atoms with Crippen LogP contribution in [0, 0.1) is 0 Å². The van der Waals surface area contributed by atoms with E-state index in [-0.39, 0.29) is 11.8 Å². The van der Waals surface area contributed by atoms with E-state index in [1.807, 2.05) is 35.2 Å². The predicted molar refractivity (Wildman–Crippen MR) is 93.4 cm³/mol. The van der Waals surface area contributed by atoms with Crippen molar-refractivity contribution in [1.29, 1.82) is 0 Å². The zero-order chi connectivity index (χ0) is 17.2. The summed E-state index contributed by atoms with van der Waals surface area (Å²) in [7, 11) is 0. The number of hydrogen-bond acceptors (Lipinski definition) is 4. The van der Waals surface area contributed by atoms with Crippen LogP contribution in [0.4, 0.5) is 5.69 Å². The lowest BCUT2D eigenvalue weighted by Gasteiger charge is -2.28. The fraction of sp³-hybridized carbons (Fsp3) is 0.389. The van der Waals surface area contributed by atoms with Gasteiger partial charge in [0, 0.05) is 36.9 Å². The standard InChI is InChI=1S/C18H21N5O2/c24-17-11-23(8-7-19-17)14-5-1-12(2-6-14)10-20-18(25)16-9-15(21-22-16)13-3-4-13/h1-2,5-6,9,13H,3-4,7-8,10-11H2,(H,19,24)(H,20,25)(H,21,22). The molecule has 1 saturated heterocycles. The highest BCUT2D eigenvalue weighted by atomic mass is 16.2. The van der Waals surface area contributed by atoms with E-state index in [0.29, 0.717) is 31.2 Å². The van der Waals surface area contributed by atoms with Gasteiger partial charge in [-0.1, -0.05) is 12.1 Å². The van der Waals surface area contributed by atoms with Crippen LogP contribution in [-0.2, 0) is 11.3 Å². The van der Waals surface area contributed by atoms with Gasteiger partial charge in [0.05, 0.1) is 6.54 Å². The quantitative estimate of drug-likeness (QED) is 0.762. The maximum Gasteiger partial charge on any atom is 0.272 e. The van der Waals surface area contributed by atoms with Crippen LogP contribution in [0.1, 0.15) is 40.5 Å². The van der Waals surface area contributed by atoms with Crippen molar-refractivity contribution in [3.8, 4) is 0 Å². The summed E-state index contributed by atoms with van der Waals surface area (Å²) in [5, 5.41) is 12.7. The molecule has 2 heterocycles. The van der Waals surface area contributed by atoms with Gasteiger partial charge in [0.15, 0.2) is 0 Å². The Kier molecular flexibility index (Phi) is 4.13. The first kappa shape index (κ1) is 15.7. The van der Waals surface area contributed by atoms with E-state index in [1.165, 1.54) is 12.8 Å². The average Bonchev–Trinajstić information content (AvgIpc) is 3.37. The van der Waals surface area contributed by atoms with Gasteiger partial charge in [-0.25, -0.2) is 0 Å². The Morgan fingerprint density at radius 3 is 2.80 bits per heavy atom. The van der Waals surface area contributed by atoms with Crippen LogP contribution < -0.4 is 15.5 Å². The molecule has 1 aliphatic heterocycles. The van der Waals surface area contributed by atoms with Gasteiger partial charge in [0.25, 0.3) is 5.91 Å². The largest absolute Gasteiger partial charge is 0.360 e. The third-order valence-electron chi connectivity index (χ3n) is 4.64. The number of nitrogens with one attached hydrogen (secondary N) is 3. The van der Waals surface area contributed by atoms with Crippen molar-refractivity contribution in [2.24, 2.45) is 0 Å². The Morgan fingerprint density at radius 1 is 1.28 bits per heavy atom. The number of hydrogen-bond donors (Lipinski definition) is 3. The molecule has 0 spiro atoms. The van der Waals surface area contributed by atoms with Gasteiger partial charge in [0.2, 0.25) is 5.91 Å². The average molecular weight is 339 g/mol. The number of aromatic amines is 1. The molecule has 1 aromatic carbocycles. The Bertz CT molecular complexity index is 779. The Labute approximate surface area is 145 Å². The summed E-state index contributed by atoms with van der Waals surface area (Å²) in [6, 6.07) is 9.77. The van der Waals surface area contributed by atoms with Crippen molar-refractivity contribution in [3.05, 3.63) is 47.3 Å². The Balaban J connectivity index is 1.32. The van der Waals surface area contributed by atoms with Gasteiger partial charge < -0.3 is 15.5 Å². The highest BCUT2D eigenvalue weighted by molar-refractivity contribution is 5.92. The molecule has 1 saturated carbocycles. The van der Waals surface area contributed by atoms with E-state index in [0.717, 1.165) is 23.5 Å². The van der Waals surface area contributed by atoms with Gasteiger partial charge in [-0.3, -0.25) is 14.7 Å². The number of carbonyl (C=O) groups excluding carboxylic acids is 2. The highest BCUT2D eigenvalue weighted by Gasteiger charge is 2.26.